The van der Waals surface area contributed by atoms with Crippen LogP contribution in [0.4, 0.5) is 10.1 Å². The Morgan fingerprint density at radius 2 is 2.24 bits per heavy atom. The number of nitrogens with zero attached hydrogens (tertiary/aromatic N) is 1. The first-order chi connectivity index (χ1) is 10.1. The fraction of sp³-hybridized carbons (Fsp3) is 0.467. The summed E-state index contributed by atoms with van der Waals surface area (Å²) in [5, 5.41) is 14.5. The molecule has 1 aromatic carbocycles. The molecule has 0 unspecified atom stereocenters. The number of benzene rings is 1. The standard InChI is InChI=1S/C15H18FN3O2/c1-21-10-15(4-6-18-7-5-15)14(20)19-13-3-2-11(9-17)8-12(13)16/h2-3,8,18H,4-7,10H2,1H3,(H,19,20). The van der Waals surface area contributed by atoms with Gasteiger partial charge in [-0.15, -0.1) is 0 Å². The molecule has 1 heterocycles. The number of nitrogens with one attached hydrogen (secondary N) is 2. The Bertz CT molecular complexity index is 557. The van der Waals surface area contributed by atoms with Crippen LogP contribution in [0.2, 0.25) is 0 Å². The third-order valence-corrected chi connectivity index (χ3v) is 3.81. The molecule has 0 spiro atoms. The summed E-state index contributed by atoms with van der Waals surface area (Å²) in [6.45, 7) is 1.76. The third-order valence-electron chi connectivity index (χ3n) is 3.81. The fourth-order valence-corrected chi connectivity index (χ4v) is 2.56. The van der Waals surface area contributed by atoms with Crippen molar-refractivity contribution in [3.8, 4) is 6.07 Å². The first kappa shape index (κ1) is 15.4. The number of carbonyl (C=O) groups excluding carboxylic acids is 1. The van der Waals surface area contributed by atoms with Crippen molar-refractivity contribution in [1.29, 1.82) is 5.26 Å². The van der Waals surface area contributed by atoms with Gasteiger partial charge in [-0.2, -0.15) is 5.26 Å². The number of hydrogen-bond acceptors (Lipinski definition) is 4. The Kier molecular flexibility index (Phi) is 4.89. The van der Waals surface area contributed by atoms with E-state index in [-0.39, 0.29) is 17.2 Å². The second-order valence-corrected chi connectivity index (χ2v) is 5.22. The number of carbonyl (C=O) groups is 1. The summed E-state index contributed by atoms with van der Waals surface area (Å²) >= 11 is 0. The van der Waals surface area contributed by atoms with E-state index in [2.05, 4.69) is 10.6 Å². The summed E-state index contributed by atoms with van der Waals surface area (Å²) in [5.74, 6) is -0.849. The predicted octanol–water partition coefficient (Wildman–Crippen LogP) is 1.65. The van der Waals surface area contributed by atoms with Crippen molar-refractivity contribution in [2.75, 3.05) is 32.1 Å². The monoisotopic (exact) mass is 291 g/mol. The Hall–Kier alpha value is -1.97. The number of piperidine rings is 1. The van der Waals surface area contributed by atoms with Crippen molar-refractivity contribution in [3.05, 3.63) is 29.6 Å². The van der Waals surface area contributed by atoms with E-state index in [4.69, 9.17) is 10.00 Å². The first-order valence-electron chi connectivity index (χ1n) is 6.82. The van der Waals surface area contributed by atoms with Crippen molar-refractivity contribution in [3.63, 3.8) is 0 Å². The molecule has 1 aliphatic rings. The molecule has 21 heavy (non-hydrogen) atoms. The molecule has 0 aliphatic carbocycles. The van der Waals surface area contributed by atoms with E-state index in [0.29, 0.717) is 19.4 Å². The maximum Gasteiger partial charge on any atom is 0.233 e. The van der Waals surface area contributed by atoms with Crippen molar-refractivity contribution in [2.45, 2.75) is 12.8 Å². The van der Waals surface area contributed by atoms with E-state index in [9.17, 15) is 9.18 Å². The van der Waals surface area contributed by atoms with Crippen LogP contribution in [-0.2, 0) is 9.53 Å². The lowest BCUT2D eigenvalue weighted by Gasteiger charge is -2.35. The molecular weight excluding hydrogens is 273 g/mol. The molecule has 0 aromatic heterocycles. The van der Waals surface area contributed by atoms with Crippen LogP contribution >= 0.6 is 0 Å². The maximum absolute atomic E-state index is 13.9. The lowest BCUT2D eigenvalue weighted by atomic mass is 9.78. The smallest absolute Gasteiger partial charge is 0.233 e. The van der Waals surface area contributed by atoms with Gasteiger partial charge in [-0.25, -0.2) is 4.39 Å². The number of nitriles is 1. The van der Waals surface area contributed by atoms with Gasteiger partial charge in [-0.05, 0) is 44.1 Å². The summed E-state index contributed by atoms with van der Waals surface area (Å²) in [7, 11) is 1.55. The van der Waals surface area contributed by atoms with Crippen LogP contribution < -0.4 is 10.6 Å². The lowest BCUT2D eigenvalue weighted by molar-refractivity contribution is -0.130. The average molecular weight is 291 g/mol. The molecule has 2 N–H and O–H groups in total. The van der Waals surface area contributed by atoms with Crippen LogP contribution in [0.5, 0.6) is 0 Å². The highest BCUT2D eigenvalue weighted by molar-refractivity contribution is 5.95. The maximum atomic E-state index is 13.9. The summed E-state index contributed by atoms with van der Waals surface area (Å²) in [6, 6.07) is 5.86. The number of methoxy groups -OCH3 is 1. The molecular formula is C15H18FN3O2. The number of ether oxygens (including phenoxy) is 1. The second-order valence-electron chi connectivity index (χ2n) is 5.22. The van der Waals surface area contributed by atoms with E-state index in [1.165, 1.54) is 12.1 Å². The van der Waals surface area contributed by atoms with Crippen molar-refractivity contribution < 1.29 is 13.9 Å². The summed E-state index contributed by atoms with van der Waals surface area (Å²) < 4.78 is 19.1. The Morgan fingerprint density at radius 1 is 1.52 bits per heavy atom. The predicted molar refractivity (Wildman–Crippen MR) is 76.2 cm³/mol. The molecule has 1 amide bonds. The molecule has 1 aliphatic heterocycles. The number of rotatable bonds is 4. The van der Waals surface area contributed by atoms with E-state index >= 15 is 0 Å². The van der Waals surface area contributed by atoms with Gasteiger partial charge >= 0.3 is 0 Å². The zero-order valence-corrected chi connectivity index (χ0v) is 11.9. The van der Waals surface area contributed by atoms with E-state index < -0.39 is 11.2 Å². The van der Waals surface area contributed by atoms with Crippen molar-refractivity contribution in [2.24, 2.45) is 5.41 Å². The van der Waals surface area contributed by atoms with Gasteiger partial charge in [0.05, 0.1) is 29.3 Å². The molecule has 1 saturated heterocycles. The van der Waals surface area contributed by atoms with Gasteiger partial charge in [-0.1, -0.05) is 0 Å². The first-order valence-corrected chi connectivity index (χ1v) is 6.82. The zero-order chi connectivity index (χ0) is 15.3. The Labute approximate surface area is 123 Å². The molecule has 0 saturated carbocycles. The van der Waals surface area contributed by atoms with Crippen LogP contribution in [0.15, 0.2) is 18.2 Å². The molecule has 2 rings (SSSR count). The normalized spacial score (nSPS) is 17.0. The van der Waals surface area contributed by atoms with Gasteiger partial charge in [0.1, 0.15) is 5.82 Å². The van der Waals surface area contributed by atoms with Crippen LogP contribution in [0.1, 0.15) is 18.4 Å². The minimum Gasteiger partial charge on any atom is -0.384 e. The topological polar surface area (TPSA) is 74.1 Å². The van der Waals surface area contributed by atoms with Gasteiger partial charge < -0.3 is 15.4 Å². The zero-order valence-electron chi connectivity index (χ0n) is 11.9. The molecule has 1 fully saturated rings. The van der Waals surface area contributed by atoms with Crippen LogP contribution in [-0.4, -0.2) is 32.7 Å². The summed E-state index contributed by atoms with van der Waals surface area (Å²) in [5.41, 5.74) is -0.327. The van der Waals surface area contributed by atoms with Gasteiger partial charge in [-0.3, -0.25) is 4.79 Å². The number of anilines is 1. The highest BCUT2D eigenvalue weighted by Gasteiger charge is 2.39. The van der Waals surface area contributed by atoms with Gasteiger partial charge in [0.2, 0.25) is 5.91 Å². The second kappa shape index (κ2) is 6.66. The van der Waals surface area contributed by atoms with Crippen LogP contribution in [0.3, 0.4) is 0 Å². The summed E-state index contributed by atoms with van der Waals surface area (Å²) in [4.78, 5) is 12.5. The van der Waals surface area contributed by atoms with Crippen molar-refractivity contribution in [1.82, 2.24) is 5.32 Å². The van der Waals surface area contributed by atoms with Gasteiger partial charge in [0, 0.05) is 7.11 Å². The molecule has 112 valence electrons. The van der Waals surface area contributed by atoms with E-state index in [0.717, 1.165) is 19.2 Å². The van der Waals surface area contributed by atoms with Crippen LogP contribution in [0.25, 0.3) is 0 Å². The Morgan fingerprint density at radius 3 is 2.81 bits per heavy atom. The molecule has 6 heteroatoms. The molecule has 1 aromatic rings. The minimum atomic E-state index is -0.639. The van der Waals surface area contributed by atoms with E-state index in [1.54, 1.807) is 7.11 Å². The third kappa shape index (κ3) is 3.38. The highest BCUT2D eigenvalue weighted by atomic mass is 19.1. The van der Waals surface area contributed by atoms with Crippen molar-refractivity contribution >= 4 is 11.6 Å². The SMILES string of the molecule is COCC1(C(=O)Nc2ccc(C#N)cc2F)CCNCC1. The number of halogens is 1. The number of amides is 1. The molecule has 5 nitrogen and oxygen atoms in total. The fourth-order valence-electron chi connectivity index (χ4n) is 2.56. The van der Waals surface area contributed by atoms with Gasteiger partial charge in [0.15, 0.2) is 0 Å². The van der Waals surface area contributed by atoms with Crippen LogP contribution in [0, 0.1) is 22.6 Å². The molecule has 0 radical (unpaired) electrons. The highest BCUT2D eigenvalue weighted by Crippen LogP contribution is 2.31. The molecule has 0 bridgehead atoms. The largest absolute Gasteiger partial charge is 0.384 e. The quantitative estimate of drug-likeness (QED) is 0.884. The summed E-state index contributed by atoms with van der Waals surface area (Å²) in [6.07, 6.45) is 1.29. The molecule has 0 atom stereocenters. The lowest BCUT2D eigenvalue weighted by Crippen LogP contribution is -2.47. The van der Waals surface area contributed by atoms with E-state index in [1.807, 2.05) is 6.07 Å². The van der Waals surface area contributed by atoms with Gasteiger partial charge in [0.25, 0.3) is 0 Å². The number of hydrogen-bond donors (Lipinski definition) is 2. The average Bonchev–Trinajstić information content (AvgIpc) is 2.50. The minimum absolute atomic E-state index is 0.0908. The Balaban J connectivity index is 2.17.